The molecule has 1 atom stereocenters. The number of esters is 1. The summed E-state index contributed by atoms with van der Waals surface area (Å²) in [7, 11) is 1.34. The zero-order valence-corrected chi connectivity index (χ0v) is 12.1. The van der Waals surface area contributed by atoms with E-state index in [9.17, 15) is 4.79 Å². The minimum Gasteiger partial charge on any atom is -0.463 e. The average Bonchev–Trinajstić information content (AvgIpc) is 2.46. The minimum absolute atomic E-state index is 0.125. The van der Waals surface area contributed by atoms with Crippen LogP contribution in [0.25, 0.3) is 0 Å². The monoisotopic (exact) mass is 278 g/mol. The maximum absolute atomic E-state index is 11.6. The van der Waals surface area contributed by atoms with Gasteiger partial charge < -0.3 is 15.4 Å². The number of carbonyl (C=O) groups is 1. The van der Waals surface area contributed by atoms with Crippen LogP contribution in [-0.2, 0) is 4.74 Å². The van der Waals surface area contributed by atoms with Crippen molar-refractivity contribution in [2.75, 3.05) is 25.1 Å². The number of hydrogen-bond donors (Lipinski definition) is 1. The maximum Gasteiger partial charge on any atom is 0.376 e. The van der Waals surface area contributed by atoms with Gasteiger partial charge in [-0.25, -0.2) is 14.8 Å². The van der Waals surface area contributed by atoms with E-state index in [1.54, 1.807) is 0 Å². The number of carbonyl (C=O) groups excluding carboxylic acids is 1. The lowest BCUT2D eigenvalue weighted by atomic mass is 9.99. The summed E-state index contributed by atoms with van der Waals surface area (Å²) >= 11 is 0. The molecule has 1 aliphatic rings. The summed E-state index contributed by atoms with van der Waals surface area (Å²) in [6.45, 7) is 3.47. The molecule has 20 heavy (non-hydrogen) atoms. The van der Waals surface area contributed by atoms with Crippen LogP contribution in [-0.4, -0.2) is 42.2 Å². The van der Waals surface area contributed by atoms with Gasteiger partial charge in [0.25, 0.3) is 0 Å². The van der Waals surface area contributed by atoms with Crippen molar-refractivity contribution in [1.29, 1.82) is 0 Å². The predicted octanol–water partition coefficient (Wildman–Crippen LogP) is 1.28. The third kappa shape index (κ3) is 3.25. The summed E-state index contributed by atoms with van der Waals surface area (Å²) in [5, 5.41) is 0. The van der Waals surface area contributed by atoms with Crippen LogP contribution in [0, 0.1) is 6.92 Å². The molecule has 0 aromatic carbocycles. The molecule has 6 nitrogen and oxygen atoms in total. The molecule has 1 fully saturated rings. The lowest BCUT2D eigenvalue weighted by Crippen LogP contribution is -2.41. The molecule has 0 radical (unpaired) electrons. The Morgan fingerprint density at radius 1 is 1.50 bits per heavy atom. The first-order valence-corrected chi connectivity index (χ1v) is 7.06. The first-order valence-electron chi connectivity index (χ1n) is 7.06. The van der Waals surface area contributed by atoms with Gasteiger partial charge in [0.1, 0.15) is 5.82 Å². The largest absolute Gasteiger partial charge is 0.463 e. The van der Waals surface area contributed by atoms with Crippen molar-refractivity contribution in [3.63, 3.8) is 0 Å². The van der Waals surface area contributed by atoms with Gasteiger partial charge in [0.15, 0.2) is 0 Å². The van der Waals surface area contributed by atoms with E-state index in [-0.39, 0.29) is 5.82 Å². The molecule has 6 heteroatoms. The summed E-state index contributed by atoms with van der Waals surface area (Å²) in [5.41, 5.74) is 6.47. The molecular weight excluding hydrogens is 256 g/mol. The lowest BCUT2D eigenvalue weighted by molar-refractivity contribution is 0.0586. The van der Waals surface area contributed by atoms with E-state index < -0.39 is 5.97 Å². The SMILES string of the molecule is COC(=O)c1nc(C)cc(N2CCCCC2CCN)n1. The molecule has 0 saturated carbocycles. The molecule has 0 amide bonds. The smallest absolute Gasteiger partial charge is 0.376 e. The minimum atomic E-state index is -0.498. The first-order chi connectivity index (χ1) is 9.65. The summed E-state index contributed by atoms with van der Waals surface area (Å²) in [4.78, 5) is 22.4. The number of ether oxygens (including phenoxy) is 1. The van der Waals surface area contributed by atoms with Gasteiger partial charge in [0.05, 0.1) is 7.11 Å². The van der Waals surface area contributed by atoms with Crippen LogP contribution in [0.5, 0.6) is 0 Å². The summed E-state index contributed by atoms with van der Waals surface area (Å²) in [5.74, 6) is 0.429. The van der Waals surface area contributed by atoms with Crippen molar-refractivity contribution >= 4 is 11.8 Å². The maximum atomic E-state index is 11.6. The first kappa shape index (κ1) is 14.7. The van der Waals surface area contributed by atoms with Crippen LogP contribution in [0.3, 0.4) is 0 Å². The Morgan fingerprint density at radius 2 is 2.30 bits per heavy atom. The van der Waals surface area contributed by atoms with Gasteiger partial charge in [0.2, 0.25) is 5.82 Å². The summed E-state index contributed by atoms with van der Waals surface area (Å²) in [6.07, 6.45) is 4.41. The molecule has 1 unspecified atom stereocenters. The standard InChI is InChI=1S/C14H22N4O2/c1-10-9-12(17-13(16-10)14(19)20-2)18-8-4-3-5-11(18)6-7-15/h9,11H,3-8,15H2,1-2H3. The second-order valence-corrected chi connectivity index (χ2v) is 5.10. The number of rotatable bonds is 4. The van der Waals surface area contributed by atoms with E-state index in [0.29, 0.717) is 12.6 Å². The molecule has 1 aromatic heterocycles. The van der Waals surface area contributed by atoms with Gasteiger partial charge >= 0.3 is 5.97 Å². The number of nitrogens with zero attached hydrogens (tertiary/aromatic N) is 3. The van der Waals surface area contributed by atoms with Gasteiger partial charge in [-0.1, -0.05) is 0 Å². The van der Waals surface area contributed by atoms with Crippen LogP contribution >= 0.6 is 0 Å². The van der Waals surface area contributed by atoms with Crippen LogP contribution in [0.4, 0.5) is 5.82 Å². The van der Waals surface area contributed by atoms with Gasteiger partial charge in [-0.15, -0.1) is 0 Å². The van der Waals surface area contributed by atoms with E-state index in [0.717, 1.165) is 37.3 Å². The number of hydrogen-bond acceptors (Lipinski definition) is 6. The molecule has 2 heterocycles. The number of methoxy groups -OCH3 is 1. The highest BCUT2D eigenvalue weighted by atomic mass is 16.5. The van der Waals surface area contributed by atoms with Gasteiger partial charge in [0, 0.05) is 24.3 Å². The Bertz CT molecular complexity index is 476. The normalized spacial score (nSPS) is 18.9. The predicted molar refractivity (Wildman–Crippen MR) is 76.8 cm³/mol. The molecule has 0 bridgehead atoms. The highest BCUT2D eigenvalue weighted by Gasteiger charge is 2.24. The van der Waals surface area contributed by atoms with Crippen LogP contribution in [0.1, 0.15) is 42.0 Å². The van der Waals surface area contributed by atoms with E-state index in [1.807, 2.05) is 13.0 Å². The summed E-state index contributed by atoms with van der Waals surface area (Å²) in [6, 6.07) is 2.31. The topological polar surface area (TPSA) is 81.3 Å². The van der Waals surface area contributed by atoms with Crippen molar-refractivity contribution < 1.29 is 9.53 Å². The van der Waals surface area contributed by atoms with E-state index in [4.69, 9.17) is 10.5 Å². The average molecular weight is 278 g/mol. The Balaban J connectivity index is 2.29. The second kappa shape index (κ2) is 6.65. The molecule has 0 aliphatic carbocycles. The fraction of sp³-hybridized carbons (Fsp3) is 0.643. The highest BCUT2D eigenvalue weighted by Crippen LogP contribution is 2.25. The zero-order chi connectivity index (χ0) is 14.5. The number of piperidine rings is 1. The molecule has 2 N–H and O–H groups in total. The van der Waals surface area contributed by atoms with Crippen LogP contribution in [0.15, 0.2) is 6.07 Å². The van der Waals surface area contributed by atoms with Gasteiger partial charge in [-0.3, -0.25) is 0 Å². The van der Waals surface area contributed by atoms with Crippen molar-refractivity contribution in [2.24, 2.45) is 5.73 Å². The molecule has 110 valence electrons. The molecule has 1 aliphatic heterocycles. The fourth-order valence-corrected chi connectivity index (χ4v) is 2.68. The molecule has 2 rings (SSSR count). The molecular formula is C14H22N4O2. The highest BCUT2D eigenvalue weighted by molar-refractivity contribution is 5.85. The van der Waals surface area contributed by atoms with Crippen molar-refractivity contribution in [2.45, 2.75) is 38.6 Å². The number of anilines is 1. The number of aryl methyl sites for hydroxylation is 1. The Kier molecular flexibility index (Phi) is 4.89. The molecule has 1 saturated heterocycles. The van der Waals surface area contributed by atoms with Crippen molar-refractivity contribution in [3.05, 3.63) is 17.6 Å². The van der Waals surface area contributed by atoms with Crippen LogP contribution in [0.2, 0.25) is 0 Å². The Morgan fingerprint density at radius 3 is 3.00 bits per heavy atom. The molecule has 1 aromatic rings. The fourth-order valence-electron chi connectivity index (χ4n) is 2.68. The Labute approximate surface area is 119 Å². The van der Waals surface area contributed by atoms with Gasteiger partial charge in [-0.05, 0) is 39.2 Å². The summed E-state index contributed by atoms with van der Waals surface area (Å²) < 4.78 is 4.71. The van der Waals surface area contributed by atoms with Crippen molar-refractivity contribution in [3.8, 4) is 0 Å². The third-order valence-electron chi connectivity index (χ3n) is 3.63. The Hall–Kier alpha value is -1.69. The van der Waals surface area contributed by atoms with E-state index >= 15 is 0 Å². The molecule has 0 spiro atoms. The third-order valence-corrected chi connectivity index (χ3v) is 3.63. The van der Waals surface area contributed by atoms with Crippen molar-refractivity contribution in [1.82, 2.24) is 9.97 Å². The van der Waals surface area contributed by atoms with Gasteiger partial charge in [-0.2, -0.15) is 0 Å². The lowest BCUT2D eigenvalue weighted by Gasteiger charge is -2.36. The van der Waals surface area contributed by atoms with E-state index in [1.165, 1.54) is 13.5 Å². The van der Waals surface area contributed by atoms with E-state index in [2.05, 4.69) is 14.9 Å². The van der Waals surface area contributed by atoms with Crippen LogP contribution < -0.4 is 10.6 Å². The zero-order valence-electron chi connectivity index (χ0n) is 12.1. The number of nitrogens with two attached hydrogens (primary N) is 1. The number of aromatic nitrogens is 2. The quantitative estimate of drug-likeness (QED) is 0.836. The second-order valence-electron chi connectivity index (χ2n) is 5.10.